The molecule has 0 aromatic carbocycles. The van der Waals surface area contributed by atoms with Crippen LogP contribution in [0.1, 0.15) is 89.7 Å². The van der Waals surface area contributed by atoms with E-state index in [0.29, 0.717) is 54.8 Å². The minimum Gasteiger partial charge on any atom is -0.493 e. The van der Waals surface area contributed by atoms with Gasteiger partial charge in [-0.05, 0) is 67.7 Å². The Hall–Kier alpha value is -4.74. The number of aromatic nitrogens is 6. The summed E-state index contributed by atoms with van der Waals surface area (Å²) in [5, 5.41) is 0. The van der Waals surface area contributed by atoms with E-state index in [9.17, 15) is 18.0 Å². The number of ether oxygens (including phenoxy) is 2. The van der Waals surface area contributed by atoms with Crippen molar-refractivity contribution in [2.75, 3.05) is 75.1 Å². The van der Waals surface area contributed by atoms with Crippen molar-refractivity contribution in [2.45, 2.75) is 92.9 Å². The average Bonchev–Trinajstić information content (AvgIpc) is 3.88. The molecule has 2 aliphatic carbocycles. The lowest BCUT2D eigenvalue weighted by Crippen LogP contribution is -2.30. The molecule has 17 heteroatoms. The number of hydrogen-bond donors (Lipinski definition) is 0. The van der Waals surface area contributed by atoms with Gasteiger partial charge in [0.25, 0.3) is 10.1 Å². The molecular weight excluding hydrogens is 841 g/mol. The molecule has 0 radical (unpaired) electrons. The van der Waals surface area contributed by atoms with Crippen LogP contribution >= 0.6 is 11.8 Å². The first kappa shape index (κ1) is 49.3. The highest BCUT2D eigenvalue weighted by Crippen LogP contribution is 2.33. The van der Waals surface area contributed by atoms with Crippen LogP contribution in [0.5, 0.6) is 11.5 Å². The second-order valence-electron chi connectivity index (χ2n) is 18.5. The Labute approximate surface area is 377 Å². The number of aryl methyl sites for hydroxylation is 2. The molecule has 0 saturated carbocycles. The maximum Gasteiger partial charge on any atom is 0.264 e. The summed E-state index contributed by atoms with van der Waals surface area (Å²) in [5.41, 5.74) is 5.47. The number of ketones is 2. The molecular formula is C46H64N8O7S2. The first-order valence-corrected chi connectivity index (χ1v) is 24.7. The summed E-state index contributed by atoms with van der Waals surface area (Å²) in [7, 11) is 0.325. The first-order valence-electron chi connectivity index (χ1n) is 21.4. The quantitative estimate of drug-likeness (QED) is 0.0690. The monoisotopic (exact) mass is 904 g/mol. The Bertz CT molecular complexity index is 2330. The van der Waals surface area contributed by atoms with Crippen molar-refractivity contribution in [3.05, 3.63) is 59.2 Å². The number of Topliss-reactive ketones (excluding diaryl/α,β-unsaturated/α-hetero) is 2. The lowest BCUT2D eigenvalue weighted by atomic mass is 9.90. The van der Waals surface area contributed by atoms with E-state index >= 15 is 0 Å². The molecule has 2 aliphatic rings. The van der Waals surface area contributed by atoms with E-state index < -0.39 is 10.1 Å². The molecule has 0 aliphatic heterocycles. The van der Waals surface area contributed by atoms with E-state index in [2.05, 4.69) is 57.8 Å². The van der Waals surface area contributed by atoms with Gasteiger partial charge in [-0.15, -0.1) is 0 Å². The fourth-order valence-corrected chi connectivity index (χ4v) is 8.11. The Balaban J connectivity index is 0.000000239. The van der Waals surface area contributed by atoms with Crippen molar-refractivity contribution in [1.29, 1.82) is 0 Å². The number of nitrogens with zero attached hydrogens (tertiary/aromatic N) is 8. The van der Waals surface area contributed by atoms with Gasteiger partial charge in [0.05, 0.1) is 26.0 Å². The molecule has 342 valence electrons. The van der Waals surface area contributed by atoms with Crippen molar-refractivity contribution >= 4 is 45.1 Å². The molecule has 0 spiro atoms. The van der Waals surface area contributed by atoms with E-state index in [-0.39, 0.29) is 42.2 Å². The van der Waals surface area contributed by atoms with Gasteiger partial charge in [-0.25, -0.2) is 19.9 Å². The normalized spacial score (nSPS) is 13.4. The van der Waals surface area contributed by atoms with Gasteiger partial charge in [-0.3, -0.25) is 23.7 Å². The zero-order valence-electron chi connectivity index (χ0n) is 38.6. The highest BCUT2D eigenvalue weighted by molar-refractivity contribution is 7.98. The number of fused-ring (bicyclic) bond motifs is 2. The van der Waals surface area contributed by atoms with Crippen molar-refractivity contribution in [2.24, 2.45) is 10.8 Å². The molecule has 6 rings (SSSR count). The standard InChI is InChI=1S/C23H32N4O5S.C23H32N4O2S/c1-23(2,3)14-16(28)15-27(4)22-18-7-6-8-19(18)25-21(26-22)20-13-17(9-10-24-20)31-11-12-32-33(5,29)30;1-23(2,3)14-16(28)15-27(4)22-18-7-6-8-19(18)25-21(26-22)20-13-17(9-10-24-20)29-11-12-30-5/h9-10,13H,6-8,11-12,14-15H2,1-5H3;9-10,13H,6-8,11-12,14-15H2,1-5H3. The van der Waals surface area contributed by atoms with Gasteiger partial charge in [-0.2, -0.15) is 20.2 Å². The number of pyridine rings is 2. The predicted molar refractivity (Wildman–Crippen MR) is 249 cm³/mol. The van der Waals surface area contributed by atoms with E-state index in [0.717, 1.165) is 90.4 Å². The maximum atomic E-state index is 12.6. The van der Waals surface area contributed by atoms with Crippen LogP contribution in [0.15, 0.2) is 36.7 Å². The van der Waals surface area contributed by atoms with E-state index in [1.807, 2.05) is 36.0 Å². The molecule has 0 atom stereocenters. The SMILES string of the molecule is CN(CC(=O)CC(C)(C)C)c1nc(-c2cc(OCCOS(C)(=O)=O)ccn2)nc2c1CCC2.CSCCOc1ccnc(-c2nc3c(c(N(C)CC(=O)CC(C)(C)C)n2)CCC3)c1. The topological polar surface area (TPSA) is 180 Å². The summed E-state index contributed by atoms with van der Waals surface area (Å²) in [4.78, 5) is 57.0. The minimum absolute atomic E-state index is 0.0165. The Morgan fingerprint density at radius 3 is 1.54 bits per heavy atom. The van der Waals surface area contributed by atoms with Crippen LogP contribution in [0.2, 0.25) is 0 Å². The summed E-state index contributed by atoms with van der Waals surface area (Å²) < 4.78 is 38.2. The fraction of sp³-hybridized carbons (Fsp3) is 0.565. The second kappa shape index (κ2) is 21.8. The predicted octanol–water partition coefficient (Wildman–Crippen LogP) is 7.03. The zero-order chi connectivity index (χ0) is 46.0. The van der Waals surface area contributed by atoms with Gasteiger partial charge >= 0.3 is 0 Å². The number of carbonyl (C=O) groups excluding carboxylic acids is 2. The van der Waals surface area contributed by atoms with E-state index in [4.69, 9.17) is 33.6 Å². The second-order valence-corrected chi connectivity index (χ2v) is 21.2. The third-order valence-electron chi connectivity index (χ3n) is 9.95. The Kier molecular flexibility index (Phi) is 17.0. The molecule has 0 bridgehead atoms. The number of likely N-dealkylation sites (N-methyl/N-ethyl adjacent to an activating group) is 2. The highest BCUT2D eigenvalue weighted by atomic mass is 32.2. The molecule has 0 unspecified atom stereocenters. The number of hydrogen-bond acceptors (Lipinski definition) is 16. The van der Waals surface area contributed by atoms with Crippen molar-refractivity contribution in [1.82, 2.24) is 29.9 Å². The van der Waals surface area contributed by atoms with E-state index in [1.54, 1.807) is 36.3 Å². The largest absolute Gasteiger partial charge is 0.493 e. The van der Waals surface area contributed by atoms with Crippen LogP contribution in [0.3, 0.4) is 0 Å². The van der Waals surface area contributed by atoms with Crippen LogP contribution in [-0.2, 0) is 49.6 Å². The van der Waals surface area contributed by atoms with Crippen LogP contribution in [0.25, 0.3) is 23.0 Å². The van der Waals surface area contributed by atoms with Gasteiger partial charge in [0.15, 0.2) is 23.2 Å². The number of thioether (sulfide) groups is 1. The summed E-state index contributed by atoms with van der Waals surface area (Å²) in [6.07, 6.45) is 13.1. The fourth-order valence-electron chi connectivity index (χ4n) is 7.49. The molecule has 0 N–H and O–H groups in total. The van der Waals surface area contributed by atoms with Gasteiger partial charge in [-0.1, -0.05) is 41.5 Å². The number of rotatable bonds is 19. The van der Waals surface area contributed by atoms with Crippen molar-refractivity contribution < 1.29 is 31.7 Å². The Morgan fingerprint density at radius 1 is 0.683 bits per heavy atom. The Morgan fingerprint density at radius 2 is 1.13 bits per heavy atom. The summed E-state index contributed by atoms with van der Waals surface area (Å²) in [6, 6.07) is 7.14. The van der Waals surface area contributed by atoms with Crippen LogP contribution in [0.4, 0.5) is 11.6 Å². The third-order valence-corrected chi connectivity index (χ3v) is 11.1. The molecule has 63 heavy (non-hydrogen) atoms. The molecule has 0 saturated heterocycles. The van der Waals surface area contributed by atoms with Gasteiger partial charge < -0.3 is 19.3 Å². The van der Waals surface area contributed by atoms with Crippen LogP contribution in [-0.4, -0.2) is 115 Å². The molecule has 4 aromatic heterocycles. The smallest absolute Gasteiger partial charge is 0.264 e. The lowest BCUT2D eigenvalue weighted by Gasteiger charge is -2.23. The van der Waals surface area contributed by atoms with Gasteiger partial charge in [0.1, 0.15) is 47.7 Å². The molecule has 15 nitrogen and oxygen atoms in total. The van der Waals surface area contributed by atoms with Crippen molar-refractivity contribution in [3.8, 4) is 34.5 Å². The number of carbonyl (C=O) groups is 2. The van der Waals surface area contributed by atoms with Crippen LogP contribution < -0.4 is 19.3 Å². The van der Waals surface area contributed by atoms with E-state index in [1.165, 1.54) is 0 Å². The summed E-state index contributed by atoms with van der Waals surface area (Å²) >= 11 is 1.75. The highest BCUT2D eigenvalue weighted by Gasteiger charge is 2.27. The summed E-state index contributed by atoms with van der Waals surface area (Å²) in [5.74, 6) is 5.29. The lowest BCUT2D eigenvalue weighted by molar-refractivity contribution is -0.120. The molecule has 0 fully saturated rings. The molecule has 4 heterocycles. The van der Waals surface area contributed by atoms with Crippen LogP contribution in [0, 0.1) is 10.8 Å². The first-order chi connectivity index (χ1) is 29.7. The number of anilines is 2. The molecule has 4 aromatic rings. The van der Waals surface area contributed by atoms with Crippen molar-refractivity contribution in [3.63, 3.8) is 0 Å². The zero-order valence-corrected chi connectivity index (χ0v) is 40.2. The summed E-state index contributed by atoms with van der Waals surface area (Å²) in [6.45, 7) is 13.7. The van der Waals surface area contributed by atoms with Gasteiger partial charge in [0.2, 0.25) is 0 Å². The third kappa shape index (κ3) is 15.5. The average molecular weight is 905 g/mol. The maximum absolute atomic E-state index is 12.6. The van der Waals surface area contributed by atoms with Gasteiger partial charge in [0, 0.05) is 79.7 Å². The minimum atomic E-state index is -3.51. The molecule has 0 amide bonds.